The van der Waals surface area contributed by atoms with Crippen LogP contribution in [0.1, 0.15) is 29.6 Å². The van der Waals surface area contributed by atoms with Gasteiger partial charge >= 0.3 is 5.97 Å². The summed E-state index contributed by atoms with van der Waals surface area (Å²) in [5.41, 5.74) is 5.16. The third-order valence-electron chi connectivity index (χ3n) is 3.48. The lowest BCUT2D eigenvalue weighted by atomic mass is 10.0. The lowest BCUT2D eigenvalue weighted by molar-refractivity contribution is -0.141. The van der Waals surface area contributed by atoms with Crippen LogP contribution in [-0.2, 0) is 4.79 Å². The van der Waals surface area contributed by atoms with Crippen molar-refractivity contribution in [2.24, 2.45) is 11.7 Å². The van der Waals surface area contributed by atoms with E-state index < -0.39 is 23.6 Å². The Kier molecular flexibility index (Phi) is 4.27. The van der Waals surface area contributed by atoms with E-state index in [0.29, 0.717) is 17.3 Å². The zero-order valence-electron chi connectivity index (χ0n) is 10.5. The van der Waals surface area contributed by atoms with Gasteiger partial charge in [0, 0.05) is 10.5 Å². The fourth-order valence-corrected chi connectivity index (χ4v) is 3.00. The molecule has 1 fully saturated rings. The second-order valence-corrected chi connectivity index (χ2v) is 5.72. The zero-order valence-corrected chi connectivity index (χ0v) is 12.1. The molecule has 1 amide bonds. The summed E-state index contributed by atoms with van der Waals surface area (Å²) in [6.07, 6.45) is 2.00. The number of carboxylic acid groups (broad SMARTS) is 1. The van der Waals surface area contributed by atoms with Crippen molar-refractivity contribution in [2.45, 2.75) is 25.3 Å². The van der Waals surface area contributed by atoms with Crippen LogP contribution in [-0.4, -0.2) is 23.0 Å². The fraction of sp³-hybridized carbons (Fsp3) is 0.385. The molecule has 7 heteroatoms. The molecule has 1 aromatic rings. The Balaban J connectivity index is 2.33. The van der Waals surface area contributed by atoms with Crippen molar-refractivity contribution in [3.63, 3.8) is 0 Å². The molecule has 20 heavy (non-hydrogen) atoms. The quantitative estimate of drug-likeness (QED) is 0.781. The highest BCUT2D eigenvalue weighted by Crippen LogP contribution is 2.32. The number of rotatable bonds is 4. The van der Waals surface area contributed by atoms with Gasteiger partial charge in [-0.25, -0.2) is 4.39 Å². The normalized spacial score (nSPS) is 21.7. The van der Waals surface area contributed by atoms with Gasteiger partial charge in [-0.1, -0.05) is 22.4 Å². The van der Waals surface area contributed by atoms with Crippen molar-refractivity contribution in [1.29, 1.82) is 0 Å². The van der Waals surface area contributed by atoms with Gasteiger partial charge in [-0.05, 0) is 25.0 Å². The largest absolute Gasteiger partial charge is 0.481 e. The number of carboxylic acids is 1. The minimum atomic E-state index is -0.893. The maximum atomic E-state index is 13.8. The third kappa shape index (κ3) is 2.92. The minimum Gasteiger partial charge on any atom is -0.481 e. The smallest absolute Gasteiger partial charge is 0.308 e. The van der Waals surface area contributed by atoms with Gasteiger partial charge in [0.2, 0.25) is 0 Å². The molecular formula is C13H14BrFN2O3. The number of aliphatic carboxylic acids is 1. The van der Waals surface area contributed by atoms with Crippen LogP contribution < -0.4 is 11.1 Å². The van der Waals surface area contributed by atoms with Crippen molar-refractivity contribution in [2.75, 3.05) is 5.32 Å². The molecule has 0 saturated heterocycles. The molecule has 108 valence electrons. The van der Waals surface area contributed by atoms with Crippen LogP contribution in [0.5, 0.6) is 0 Å². The first-order chi connectivity index (χ1) is 9.40. The highest BCUT2D eigenvalue weighted by atomic mass is 79.9. The van der Waals surface area contributed by atoms with E-state index in [2.05, 4.69) is 21.2 Å². The predicted molar refractivity (Wildman–Crippen MR) is 75.0 cm³/mol. The lowest BCUT2D eigenvalue weighted by Gasteiger charge is -2.20. The number of primary amides is 1. The summed E-state index contributed by atoms with van der Waals surface area (Å²) < 4.78 is 14.3. The molecule has 2 rings (SSSR count). The maximum Gasteiger partial charge on any atom is 0.308 e. The second-order valence-electron chi connectivity index (χ2n) is 4.80. The first-order valence-electron chi connectivity index (χ1n) is 6.18. The van der Waals surface area contributed by atoms with E-state index in [-0.39, 0.29) is 17.3 Å². The Labute approximate surface area is 123 Å². The Bertz CT molecular complexity index is 565. The average molecular weight is 345 g/mol. The number of benzene rings is 1. The molecule has 0 aromatic heterocycles. The summed E-state index contributed by atoms with van der Waals surface area (Å²) in [6, 6.07) is 2.34. The van der Waals surface area contributed by atoms with E-state index in [9.17, 15) is 14.0 Å². The van der Waals surface area contributed by atoms with Crippen LogP contribution in [0.4, 0.5) is 10.1 Å². The van der Waals surface area contributed by atoms with Gasteiger partial charge in [0.15, 0.2) is 0 Å². The van der Waals surface area contributed by atoms with Gasteiger partial charge in [0.05, 0.1) is 17.2 Å². The van der Waals surface area contributed by atoms with Crippen LogP contribution >= 0.6 is 15.9 Å². The number of anilines is 1. The molecule has 2 atom stereocenters. The average Bonchev–Trinajstić information content (AvgIpc) is 2.75. The van der Waals surface area contributed by atoms with E-state index in [1.807, 2.05) is 0 Å². The minimum absolute atomic E-state index is 0.225. The van der Waals surface area contributed by atoms with Crippen LogP contribution in [0.25, 0.3) is 0 Å². The summed E-state index contributed by atoms with van der Waals surface area (Å²) in [4.78, 5) is 22.5. The molecule has 4 N–H and O–H groups in total. The van der Waals surface area contributed by atoms with E-state index in [4.69, 9.17) is 10.8 Å². The Hall–Kier alpha value is -1.63. The van der Waals surface area contributed by atoms with Crippen molar-refractivity contribution in [1.82, 2.24) is 0 Å². The zero-order chi connectivity index (χ0) is 14.9. The molecule has 0 aliphatic heterocycles. The highest BCUT2D eigenvalue weighted by molar-refractivity contribution is 9.10. The van der Waals surface area contributed by atoms with Crippen molar-refractivity contribution < 1.29 is 19.1 Å². The third-order valence-corrected chi connectivity index (χ3v) is 3.93. The van der Waals surface area contributed by atoms with Gasteiger partial charge in [-0.15, -0.1) is 0 Å². The molecule has 1 aliphatic rings. The Morgan fingerprint density at radius 1 is 1.40 bits per heavy atom. The van der Waals surface area contributed by atoms with E-state index in [0.717, 1.165) is 12.5 Å². The predicted octanol–water partition coefficient (Wildman–Crippen LogP) is 2.35. The number of amides is 1. The molecular weight excluding hydrogens is 331 g/mol. The van der Waals surface area contributed by atoms with E-state index >= 15 is 0 Å². The standard InChI is InChI=1S/C13H14BrFN2O3/c14-6-4-8(15)11(12(16)18)10(5-6)17-9-3-1-2-7(9)13(19)20/h4-5,7,9,17H,1-3H2,(H2,16,18)(H,19,20). The fourth-order valence-electron chi connectivity index (χ4n) is 2.57. The molecule has 5 nitrogen and oxygen atoms in total. The number of carbonyl (C=O) groups is 2. The van der Waals surface area contributed by atoms with E-state index in [1.54, 1.807) is 0 Å². The molecule has 0 spiro atoms. The van der Waals surface area contributed by atoms with Gasteiger partial charge in [0.25, 0.3) is 5.91 Å². The topological polar surface area (TPSA) is 92.4 Å². The number of nitrogens with two attached hydrogens (primary N) is 1. The monoisotopic (exact) mass is 344 g/mol. The summed E-state index contributed by atoms with van der Waals surface area (Å²) >= 11 is 3.14. The lowest BCUT2D eigenvalue weighted by Crippen LogP contribution is -2.31. The van der Waals surface area contributed by atoms with Crippen molar-refractivity contribution in [3.8, 4) is 0 Å². The number of hydrogen-bond donors (Lipinski definition) is 3. The molecule has 1 saturated carbocycles. The van der Waals surface area contributed by atoms with Crippen LogP contribution in [0, 0.1) is 11.7 Å². The molecule has 1 aliphatic carbocycles. The first-order valence-corrected chi connectivity index (χ1v) is 6.97. The van der Waals surface area contributed by atoms with E-state index in [1.165, 1.54) is 6.07 Å². The highest BCUT2D eigenvalue weighted by Gasteiger charge is 2.33. The molecule has 0 bridgehead atoms. The van der Waals surface area contributed by atoms with Gasteiger partial charge in [-0.3, -0.25) is 9.59 Å². The van der Waals surface area contributed by atoms with Gasteiger partial charge < -0.3 is 16.2 Å². The van der Waals surface area contributed by atoms with Gasteiger partial charge in [-0.2, -0.15) is 0 Å². The number of hydrogen-bond acceptors (Lipinski definition) is 3. The maximum absolute atomic E-state index is 13.8. The summed E-state index contributed by atoms with van der Waals surface area (Å²) in [6.45, 7) is 0. The molecule has 2 unspecified atom stereocenters. The Morgan fingerprint density at radius 3 is 2.70 bits per heavy atom. The summed E-state index contributed by atoms with van der Waals surface area (Å²) in [5.74, 6) is -3.06. The number of halogens is 2. The van der Waals surface area contributed by atoms with Crippen LogP contribution in [0.3, 0.4) is 0 Å². The summed E-state index contributed by atoms with van der Waals surface area (Å²) in [7, 11) is 0. The number of carbonyl (C=O) groups excluding carboxylic acids is 1. The number of nitrogens with one attached hydrogen (secondary N) is 1. The SMILES string of the molecule is NC(=O)c1c(F)cc(Br)cc1NC1CCCC1C(=O)O. The van der Waals surface area contributed by atoms with Crippen molar-refractivity contribution >= 4 is 33.5 Å². The molecule has 0 heterocycles. The first kappa shape index (κ1) is 14.8. The van der Waals surface area contributed by atoms with Crippen LogP contribution in [0.15, 0.2) is 16.6 Å². The van der Waals surface area contributed by atoms with Gasteiger partial charge in [0.1, 0.15) is 5.82 Å². The van der Waals surface area contributed by atoms with Crippen molar-refractivity contribution in [3.05, 3.63) is 28.0 Å². The Morgan fingerprint density at radius 2 is 2.10 bits per heavy atom. The molecule has 1 aromatic carbocycles. The van der Waals surface area contributed by atoms with Crippen LogP contribution in [0.2, 0.25) is 0 Å². The molecule has 0 radical (unpaired) electrons. The summed E-state index contributed by atoms with van der Waals surface area (Å²) in [5, 5.41) is 12.1. The second kappa shape index (κ2) is 5.78.